The van der Waals surface area contributed by atoms with Crippen LogP contribution in [0.1, 0.15) is 54.4 Å². The molecule has 0 bridgehead atoms. The van der Waals surface area contributed by atoms with Crippen LogP contribution in [0.5, 0.6) is 0 Å². The highest BCUT2D eigenvalue weighted by Crippen LogP contribution is 2.41. The van der Waals surface area contributed by atoms with E-state index >= 15 is 0 Å². The Bertz CT molecular complexity index is 426. The number of hydrogen-bond donors (Lipinski definition) is 0. The lowest BCUT2D eigenvalue weighted by Gasteiger charge is -2.32. The summed E-state index contributed by atoms with van der Waals surface area (Å²) >= 11 is 0. The Hall–Kier alpha value is -0.805. The molecular formula is C16H27BO4. The van der Waals surface area contributed by atoms with E-state index in [9.17, 15) is 4.79 Å². The van der Waals surface area contributed by atoms with Crippen LogP contribution in [-0.4, -0.2) is 30.9 Å². The molecule has 0 aromatic carbocycles. The van der Waals surface area contributed by atoms with Crippen LogP contribution in [0, 0.1) is 11.8 Å². The third-order valence-corrected chi connectivity index (χ3v) is 5.00. The predicted octanol–water partition coefficient (Wildman–Crippen LogP) is 3.15. The molecule has 4 nitrogen and oxygen atoms in total. The largest absolute Gasteiger partial charge is 0.490 e. The second kappa shape index (κ2) is 5.77. The van der Waals surface area contributed by atoms with Crippen LogP contribution in [0.2, 0.25) is 0 Å². The minimum absolute atomic E-state index is 0.0453. The van der Waals surface area contributed by atoms with Crippen molar-refractivity contribution in [2.24, 2.45) is 11.8 Å². The Morgan fingerprint density at radius 1 is 1.33 bits per heavy atom. The van der Waals surface area contributed by atoms with Gasteiger partial charge in [0.15, 0.2) is 0 Å². The Kier molecular flexibility index (Phi) is 4.55. The average molecular weight is 294 g/mol. The maximum absolute atomic E-state index is 11.9. The fourth-order valence-electron chi connectivity index (χ4n) is 2.89. The van der Waals surface area contributed by atoms with Crippen molar-refractivity contribution in [2.75, 3.05) is 6.61 Å². The number of ether oxygens (including phenoxy) is 1. The van der Waals surface area contributed by atoms with E-state index in [4.69, 9.17) is 14.0 Å². The van der Waals surface area contributed by atoms with Gasteiger partial charge in [0.05, 0.1) is 23.7 Å². The predicted molar refractivity (Wildman–Crippen MR) is 82.7 cm³/mol. The first-order chi connectivity index (χ1) is 9.68. The van der Waals surface area contributed by atoms with Gasteiger partial charge in [0, 0.05) is 0 Å². The van der Waals surface area contributed by atoms with Gasteiger partial charge < -0.3 is 14.0 Å². The van der Waals surface area contributed by atoms with E-state index in [0.29, 0.717) is 6.61 Å². The second-order valence-corrected chi connectivity index (χ2v) is 7.09. The van der Waals surface area contributed by atoms with Gasteiger partial charge in [0.2, 0.25) is 0 Å². The van der Waals surface area contributed by atoms with Gasteiger partial charge in [0.1, 0.15) is 0 Å². The number of carbonyl (C=O) groups is 1. The van der Waals surface area contributed by atoms with Gasteiger partial charge in [0.25, 0.3) is 0 Å². The highest BCUT2D eigenvalue weighted by Gasteiger charge is 2.52. The smallest absolute Gasteiger partial charge is 0.466 e. The van der Waals surface area contributed by atoms with Crippen molar-refractivity contribution in [1.82, 2.24) is 0 Å². The lowest BCUT2D eigenvalue weighted by atomic mass is 9.68. The lowest BCUT2D eigenvalue weighted by Crippen LogP contribution is -2.41. The first-order valence-corrected chi connectivity index (χ1v) is 7.91. The summed E-state index contributed by atoms with van der Waals surface area (Å²) < 4.78 is 17.3. The van der Waals surface area contributed by atoms with Crippen LogP contribution in [-0.2, 0) is 18.8 Å². The molecule has 1 saturated heterocycles. The molecule has 0 spiro atoms. The van der Waals surface area contributed by atoms with Gasteiger partial charge in [-0.3, -0.25) is 4.79 Å². The van der Waals surface area contributed by atoms with Crippen molar-refractivity contribution >= 4 is 13.1 Å². The van der Waals surface area contributed by atoms with Gasteiger partial charge in [-0.05, 0) is 58.9 Å². The fraction of sp³-hybridized carbons (Fsp3) is 0.812. The van der Waals surface area contributed by atoms with Crippen molar-refractivity contribution in [2.45, 2.75) is 65.6 Å². The molecule has 1 aliphatic heterocycles. The third kappa shape index (κ3) is 3.19. The van der Waals surface area contributed by atoms with E-state index in [1.54, 1.807) is 0 Å². The van der Waals surface area contributed by atoms with Crippen LogP contribution in [0.25, 0.3) is 0 Å². The standard InChI is InChI=1S/C16H27BO4/c1-7-19-14(18)13-9-8-12(10-11(13)2)17-20-15(3,4)16(5,6)21-17/h10-11,13H,7-9H2,1-6H3/t11-,13+/m0/s1. The van der Waals surface area contributed by atoms with Crippen LogP contribution in [0.4, 0.5) is 0 Å². The van der Waals surface area contributed by atoms with Crippen molar-refractivity contribution in [1.29, 1.82) is 0 Å². The van der Waals surface area contributed by atoms with E-state index in [0.717, 1.165) is 18.3 Å². The number of carbonyl (C=O) groups excluding carboxylic acids is 1. The zero-order chi connectivity index (χ0) is 15.8. The first-order valence-electron chi connectivity index (χ1n) is 7.91. The first kappa shape index (κ1) is 16.6. The number of allylic oxidation sites excluding steroid dienone is 2. The molecule has 0 amide bonds. The van der Waals surface area contributed by atoms with Gasteiger partial charge in [-0.25, -0.2) is 0 Å². The quantitative estimate of drug-likeness (QED) is 0.592. The molecule has 118 valence electrons. The molecular weight excluding hydrogens is 267 g/mol. The monoisotopic (exact) mass is 294 g/mol. The van der Waals surface area contributed by atoms with Gasteiger partial charge in [-0.15, -0.1) is 0 Å². The second-order valence-electron chi connectivity index (χ2n) is 7.09. The maximum Gasteiger partial charge on any atom is 0.490 e. The van der Waals surface area contributed by atoms with Crippen molar-refractivity contribution in [3.05, 3.63) is 11.5 Å². The van der Waals surface area contributed by atoms with Crippen LogP contribution < -0.4 is 0 Å². The number of rotatable bonds is 3. The Balaban J connectivity index is 2.08. The van der Waals surface area contributed by atoms with Gasteiger partial charge >= 0.3 is 13.1 Å². The minimum atomic E-state index is -0.320. The number of esters is 1. The van der Waals surface area contributed by atoms with Crippen LogP contribution >= 0.6 is 0 Å². The summed E-state index contributed by atoms with van der Waals surface area (Å²) in [6.45, 7) is 12.6. The summed E-state index contributed by atoms with van der Waals surface area (Å²) in [5.74, 6) is 0.0252. The van der Waals surface area contributed by atoms with E-state index < -0.39 is 0 Å². The Morgan fingerprint density at radius 3 is 2.38 bits per heavy atom. The molecule has 1 heterocycles. The van der Waals surface area contributed by atoms with E-state index in [1.807, 2.05) is 6.92 Å². The van der Waals surface area contributed by atoms with Crippen LogP contribution in [0.15, 0.2) is 11.5 Å². The lowest BCUT2D eigenvalue weighted by molar-refractivity contribution is -0.149. The molecule has 2 rings (SSSR count). The summed E-state index contributed by atoms with van der Waals surface area (Å²) in [5, 5.41) is 0. The highest BCUT2D eigenvalue weighted by molar-refractivity contribution is 6.54. The molecule has 0 unspecified atom stereocenters. The van der Waals surface area contributed by atoms with E-state index in [-0.39, 0.29) is 36.1 Å². The zero-order valence-electron chi connectivity index (χ0n) is 14.1. The zero-order valence-corrected chi connectivity index (χ0v) is 14.1. The average Bonchev–Trinajstić information content (AvgIpc) is 2.58. The van der Waals surface area contributed by atoms with Gasteiger partial charge in [-0.1, -0.05) is 13.0 Å². The topological polar surface area (TPSA) is 44.8 Å². The van der Waals surface area contributed by atoms with Crippen molar-refractivity contribution < 1.29 is 18.8 Å². The summed E-state index contributed by atoms with van der Waals surface area (Å²) in [6.07, 6.45) is 3.76. The van der Waals surface area contributed by atoms with E-state index in [1.165, 1.54) is 0 Å². The van der Waals surface area contributed by atoms with Gasteiger partial charge in [-0.2, -0.15) is 0 Å². The molecule has 2 aliphatic rings. The summed E-state index contributed by atoms with van der Waals surface area (Å²) in [5.41, 5.74) is 0.515. The van der Waals surface area contributed by atoms with E-state index in [2.05, 4.69) is 40.7 Å². The normalized spacial score (nSPS) is 31.0. The number of hydrogen-bond acceptors (Lipinski definition) is 4. The molecule has 0 saturated carbocycles. The molecule has 0 N–H and O–H groups in total. The maximum atomic E-state index is 11.9. The Morgan fingerprint density at radius 2 is 1.90 bits per heavy atom. The van der Waals surface area contributed by atoms with Crippen molar-refractivity contribution in [3.8, 4) is 0 Å². The Labute approximate surface area is 128 Å². The molecule has 21 heavy (non-hydrogen) atoms. The minimum Gasteiger partial charge on any atom is -0.466 e. The highest BCUT2D eigenvalue weighted by atomic mass is 16.7. The summed E-state index contributed by atoms with van der Waals surface area (Å²) in [4.78, 5) is 11.9. The molecule has 2 atom stereocenters. The fourth-order valence-corrected chi connectivity index (χ4v) is 2.89. The molecule has 0 aromatic heterocycles. The molecule has 5 heteroatoms. The third-order valence-electron chi connectivity index (χ3n) is 5.00. The molecule has 1 aliphatic carbocycles. The molecule has 1 fully saturated rings. The van der Waals surface area contributed by atoms with Crippen molar-refractivity contribution in [3.63, 3.8) is 0 Å². The summed E-state index contributed by atoms with van der Waals surface area (Å²) in [7, 11) is -0.291. The van der Waals surface area contributed by atoms with Crippen LogP contribution in [0.3, 0.4) is 0 Å². The SMILES string of the molecule is CCOC(=O)[C@@H]1CCC(B2OC(C)(C)C(C)(C)O2)=C[C@@H]1C. The molecule has 0 aromatic rings. The molecule has 0 radical (unpaired) electrons. The summed E-state index contributed by atoms with van der Waals surface area (Å²) in [6, 6.07) is 0.